The lowest BCUT2D eigenvalue weighted by atomic mass is 10.0. The van der Waals surface area contributed by atoms with Gasteiger partial charge in [-0.2, -0.15) is 0 Å². The first-order chi connectivity index (χ1) is 8.91. The Bertz CT molecular complexity index is 520. The largest absolute Gasteiger partial charge is 0.490 e. The molecule has 1 aromatic carbocycles. The molecule has 1 N–H and O–H groups in total. The first kappa shape index (κ1) is 14.3. The van der Waals surface area contributed by atoms with Crippen LogP contribution in [0, 0.1) is 0 Å². The van der Waals surface area contributed by atoms with E-state index in [-0.39, 0.29) is 6.04 Å². The van der Waals surface area contributed by atoms with Crippen molar-refractivity contribution < 1.29 is 13.2 Å². The molecule has 2 unspecified atom stereocenters. The third-order valence-electron chi connectivity index (χ3n) is 3.52. The highest BCUT2D eigenvalue weighted by Crippen LogP contribution is 2.28. The van der Waals surface area contributed by atoms with Crippen LogP contribution >= 0.6 is 0 Å². The first-order valence-electron chi connectivity index (χ1n) is 6.54. The summed E-state index contributed by atoms with van der Waals surface area (Å²) < 4.78 is 29.0. The Morgan fingerprint density at radius 1 is 1.26 bits per heavy atom. The maximum absolute atomic E-state index is 11.7. The second kappa shape index (κ2) is 5.51. The van der Waals surface area contributed by atoms with Gasteiger partial charge < -0.3 is 10.1 Å². The average molecular weight is 283 g/mol. The second-order valence-corrected chi connectivity index (χ2v) is 7.59. The van der Waals surface area contributed by atoms with Crippen LogP contribution < -0.4 is 10.1 Å². The smallest absolute Gasteiger partial charge is 0.151 e. The van der Waals surface area contributed by atoms with E-state index in [9.17, 15) is 8.42 Å². The lowest BCUT2D eigenvalue weighted by Crippen LogP contribution is -2.32. The summed E-state index contributed by atoms with van der Waals surface area (Å²) in [5.74, 6) is 0.855. The minimum absolute atomic E-state index is 0.204. The fourth-order valence-electron chi connectivity index (χ4n) is 2.05. The van der Waals surface area contributed by atoms with Crippen molar-refractivity contribution in [2.24, 2.45) is 0 Å². The van der Waals surface area contributed by atoms with Crippen molar-refractivity contribution in [1.82, 2.24) is 5.32 Å². The van der Waals surface area contributed by atoms with Gasteiger partial charge in [0.2, 0.25) is 0 Å². The number of nitrogens with one attached hydrogen (secondary N) is 1. The van der Waals surface area contributed by atoms with Gasteiger partial charge in [-0.25, -0.2) is 8.42 Å². The molecule has 0 radical (unpaired) electrons. The van der Waals surface area contributed by atoms with Crippen molar-refractivity contribution in [3.05, 3.63) is 29.8 Å². The van der Waals surface area contributed by atoms with E-state index in [1.54, 1.807) is 14.0 Å². The minimum atomic E-state index is -3.08. The van der Waals surface area contributed by atoms with Gasteiger partial charge in [0.1, 0.15) is 5.75 Å². The van der Waals surface area contributed by atoms with Gasteiger partial charge in [0, 0.05) is 12.3 Å². The fourth-order valence-corrected chi connectivity index (χ4v) is 2.84. The summed E-state index contributed by atoms with van der Waals surface area (Å²) in [6.45, 7) is 1.73. The summed E-state index contributed by atoms with van der Waals surface area (Å²) in [6.07, 6.45) is 3.91. The topological polar surface area (TPSA) is 55.4 Å². The van der Waals surface area contributed by atoms with Crippen molar-refractivity contribution >= 4 is 9.84 Å². The normalized spacial score (nSPS) is 18.9. The van der Waals surface area contributed by atoms with Gasteiger partial charge in [-0.3, -0.25) is 0 Å². The van der Waals surface area contributed by atoms with Crippen LogP contribution in [0.25, 0.3) is 0 Å². The molecule has 0 bridgehead atoms. The van der Waals surface area contributed by atoms with Crippen LogP contribution in [0.1, 0.15) is 31.4 Å². The van der Waals surface area contributed by atoms with Gasteiger partial charge in [-0.1, -0.05) is 12.1 Å². The molecule has 0 amide bonds. The molecule has 0 spiro atoms. The van der Waals surface area contributed by atoms with Crippen molar-refractivity contribution in [3.63, 3.8) is 0 Å². The van der Waals surface area contributed by atoms with Crippen LogP contribution in [0.2, 0.25) is 0 Å². The van der Waals surface area contributed by atoms with E-state index in [1.807, 2.05) is 24.3 Å². The SMILES string of the molecule is CNC(c1ccc(OC2CC2)cc1)C(C)S(C)(=O)=O. The van der Waals surface area contributed by atoms with E-state index in [1.165, 1.54) is 6.26 Å². The quantitative estimate of drug-likeness (QED) is 0.866. The number of sulfone groups is 1. The molecular formula is C14H21NO3S. The second-order valence-electron chi connectivity index (χ2n) is 5.19. The summed E-state index contributed by atoms with van der Waals surface area (Å²) in [5.41, 5.74) is 0.962. The Morgan fingerprint density at radius 3 is 2.26 bits per heavy atom. The van der Waals surface area contributed by atoms with Gasteiger partial charge >= 0.3 is 0 Å². The Kier molecular flexibility index (Phi) is 4.16. The zero-order valence-electron chi connectivity index (χ0n) is 11.6. The summed E-state index contributed by atoms with van der Waals surface area (Å²) in [5, 5.41) is 2.61. The molecule has 106 valence electrons. The summed E-state index contributed by atoms with van der Waals surface area (Å²) in [7, 11) is -1.30. The molecule has 4 nitrogen and oxygen atoms in total. The van der Waals surface area contributed by atoms with E-state index in [0.717, 1.165) is 24.2 Å². The number of benzene rings is 1. The van der Waals surface area contributed by atoms with E-state index in [0.29, 0.717) is 6.10 Å². The predicted molar refractivity (Wildman–Crippen MR) is 76.2 cm³/mol. The van der Waals surface area contributed by atoms with Crippen LogP contribution in [-0.2, 0) is 9.84 Å². The van der Waals surface area contributed by atoms with Crippen molar-refractivity contribution in [2.45, 2.75) is 37.2 Å². The van der Waals surface area contributed by atoms with E-state index in [2.05, 4.69) is 5.32 Å². The highest BCUT2D eigenvalue weighted by Gasteiger charge is 2.26. The van der Waals surface area contributed by atoms with Crippen LogP contribution in [0.4, 0.5) is 0 Å². The van der Waals surface area contributed by atoms with Crippen LogP contribution in [0.15, 0.2) is 24.3 Å². The number of hydrogen-bond donors (Lipinski definition) is 1. The molecule has 0 saturated heterocycles. The third-order valence-corrected chi connectivity index (χ3v) is 5.14. The van der Waals surface area contributed by atoms with Gasteiger partial charge in [0.05, 0.1) is 11.4 Å². The molecule has 0 aromatic heterocycles. The molecule has 0 aliphatic heterocycles. The molecular weight excluding hydrogens is 262 g/mol. The molecule has 5 heteroatoms. The molecule has 2 rings (SSSR count). The van der Waals surface area contributed by atoms with E-state index in [4.69, 9.17) is 4.74 Å². The Balaban J connectivity index is 2.13. The Hall–Kier alpha value is -1.07. The van der Waals surface area contributed by atoms with Crippen LogP contribution in [0.5, 0.6) is 5.75 Å². The highest BCUT2D eigenvalue weighted by atomic mass is 32.2. The van der Waals surface area contributed by atoms with Crippen molar-refractivity contribution in [1.29, 1.82) is 0 Å². The van der Waals surface area contributed by atoms with Gasteiger partial charge in [0.25, 0.3) is 0 Å². The molecule has 1 aromatic rings. The third kappa shape index (κ3) is 3.70. The van der Waals surface area contributed by atoms with Gasteiger partial charge in [0.15, 0.2) is 9.84 Å². The number of ether oxygens (including phenoxy) is 1. The van der Waals surface area contributed by atoms with E-state index < -0.39 is 15.1 Å². The average Bonchev–Trinajstić information content (AvgIpc) is 3.15. The van der Waals surface area contributed by atoms with Crippen LogP contribution in [-0.4, -0.2) is 33.1 Å². The monoisotopic (exact) mass is 283 g/mol. The fraction of sp³-hybridized carbons (Fsp3) is 0.571. The number of hydrogen-bond acceptors (Lipinski definition) is 4. The lowest BCUT2D eigenvalue weighted by molar-refractivity contribution is 0.303. The lowest BCUT2D eigenvalue weighted by Gasteiger charge is -2.22. The molecule has 1 aliphatic carbocycles. The van der Waals surface area contributed by atoms with Crippen molar-refractivity contribution in [3.8, 4) is 5.75 Å². The minimum Gasteiger partial charge on any atom is -0.490 e. The van der Waals surface area contributed by atoms with Crippen molar-refractivity contribution in [2.75, 3.05) is 13.3 Å². The Morgan fingerprint density at radius 2 is 1.84 bits per heavy atom. The molecule has 0 heterocycles. The summed E-state index contributed by atoms with van der Waals surface area (Å²) >= 11 is 0. The molecule has 1 saturated carbocycles. The highest BCUT2D eigenvalue weighted by molar-refractivity contribution is 7.91. The van der Waals surface area contributed by atoms with E-state index >= 15 is 0 Å². The zero-order chi connectivity index (χ0) is 14.0. The standard InChI is InChI=1S/C14H21NO3S/c1-10(19(3,16)17)14(15-2)11-4-6-12(7-5-11)18-13-8-9-13/h4-7,10,13-15H,8-9H2,1-3H3. The summed E-state index contributed by atoms with van der Waals surface area (Å²) in [6, 6.07) is 7.48. The molecule has 2 atom stereocenters. The zero-order valence-corrected chi connectivity index (χ0v) is 12.4. The maximum Gasteiger partial charge on any atom is 0.151 e. The Labute approximate surface area is 115 Å². The summed E-state index contributed by atoms with van der Waals surface area (Å²) in [4.78, 5) is 0. The van der Waals surface area contributed by atoms with Gasteiger partial charge in [-0.05, 0) is 44.5 Å². The van der Waals surface area contributed by atoms with Crippen LogP contribution in [0.3, 0.4) is 0 Å². The van der Waals surface area contributed by atoms with Gasteiger partial charge in [-0.15, -0.1) is 0 Å². The predicted octanol–water partition coefficient (Wildman–Crippen LogP) is 1.92. The molecule has 19 heavy (non-hydrogen) atoms. The number of rotatable bonds is 6. The first-order valence-corrected chi connectivity index (χ1v) is 8.50. The molecule has 1 aliphatic rings. The molecule has 1 fully saturated rings. The maximum atomic E-state index is 11.7.